The van der Waals surface area contributed by atoms with Crippen LogP contribution in [0, 0.1) is 5.92 Å². The molecule has 1 atom stereocenters. The zero-order valence-corrected chi connectivity index (χ0v) is 16.5. The van der Waals surface area contributed by atoms with E-state index in [0.717, 1.165) is 16.8 Å². The molecule has 1 aliphatic rings. The van der Waals surface area contributed by atoms with Gasteiger partial charge >= 0.3 is 0 Å². The minimum Gasteiger partial charge on any atom is -0.493 e. The molecule has 1 heterocycles. The molecule has 2 aromatic carbocycles. The first kappa shape index (κ1) is 19.7. The number of rotatable bonds is 7. The van der Waals surface area contributed by atoms with Crippen molar-refractivity contribution in [3.63, 3.8) is 0 Å². The Hall–Kier alpha value is -3.02. The lowest BCUT2D eigenvalue weighted by Gasteiger charge is -2.25. The number of para-hydroxylation sites is 1. The number of carbonyl (C=O) groups is 2. The third-order valence-electron chi connectivity index (χ3n) is 5.11. The van der Waals surface area contributed by atoms with Gasteiger partial charge in [0, 0.05) is 31.6 Å². The number of nitrogens with one attached hydrogen (secondary N) is 1. The fraction of sp³-hybridized carbons (Fsp3) is 0.364. The lowest BCUT2D eigenvalue weighted by molar-refractivity contribution is -0.131. The summed E-state index contributed by atoms with van der Waals surface area (Å²) < 4.78 is 10.6. The van der Waals surface area contributed by atoms with Crippen LogP contribution in [-0.4, -0.2) is 38.0 Å². The number of amides is 2. The molecule has 1 aliphatic heterocycles. The Morgan fingerprint density at radius 2 is 1.89 bits per heavy atom. The van der Waals surface area contributed by atoms with Crippen LogP contribution in [0.3, 0.4) is 0 Å². The molecule has 0 saturated heterocycles. The number of fused-ring (bicyclic) bond motifs is 1. The predicted molar refractivity (Wildman–Crippen MR) is 108 cm³/mol. The van der Waals surface area contributed by atoms with E-state index in [1.54, 1.807) is 26.2 Å². The van der Waals surface area contributed by atoms with Gasteiger partial charge in [0.25, 0.3) is 0 Å². The van der Waals surface area contributed by atoms with E-state index in [4.69, 9.17) is 9.47 Å². The van der Waals surface area contributed by atoms with Crippen molar-refractivity contribution in [3.05, 3.63) is 53.6 Å². The highest BCUT2D eigenvalue weighted by Crippen LogP contribution is 2.29. The van der Waals surface area contributed by atoms with Crippen molar-refractivity contribution in [3.8, 4) is 11.5 Å². The smallest absolute Gasteiger partial charge is 0.227 e. The number of benzene rings is 2. The lowest BCUT2D eigenvalue weighted by atomic mass is 9.89. The minimum atomic E-state index is -0.173. The molecule has 0 bridgehead atoms. The summed E-state index contributed by atoms with van der Waals surface area (Å²) >= 11 is 0. The van der Waals surface area contributed by atoms with E-state index in [1.807, 2.05) is 42.5 Å². The van der Waals surface area contributed by atoms with Crippen LogP contribution in [-0.2, 0) is 22.6 Å². The maximum absolute atomic E-state index is 12.6. The van der Waals surface area contributed by atoms with Crippen LogP contribution in [0.25, 0.3) is 0 Å². The molecular formula is C22H26N2O4. The second-order valence-electron chi connectivity index (χ2n) is 7.03. The van der Waals surface area contributed by atoms with Crippen LogP contribution < -0.4 is 14.8 Å². The molecule has 1 N–H and O–H groups in total. The quantitative estimate of drug-likeness (QED) is 0.798. The topological polar surface area (TPSA) is 67.9 Å². The molecule has 148 valence electrons. The van der Waals surface area contributed by atoms with Gasteiger partial charge in [-0.3, -0.25) is 9.59 Å². The molecule has 1 unspecified atom stereocenters. The number of hydrogen-bond acceptors (Lipinski definition) is 4. The van der Waals surface area contributed by atoms with Gasteiger partial charge in [0.2, 0.25) is 11.8 Å². The third-order valence-corrected chi connectivity index (χ3v) is 5.11. The summed E-state index contributed by atoms with van der Waals surface area (Å²) in [6.45, 7) is 0.471. The van der Waals surface area contributed by atoms with E-state index in [-0.39, 0.29) is 17.7 Å². The Kier molecular flexibility index (Phi) is 6.19. The molecule has 28 heavy (non-hydrogen) atoms. The monoisotopic (exact) mass is 382 g/mol. The maximum atomic E-state index is 12.6. The zero-order valence-electron chi connectivity index (χ0n) is 16.5. The van der Waals surface area contributed by atoms with E-state index >= 15 is 0 Å². The molecule has 0 aliphatic carbocycles. The average Bonchev–Trinajstić information content (AvgIpc) is 2.71. The van der Waals surface area contributed by atoms with Crippen LogP contribution in [0.4, 0.5) is 5.69 Å². The van der Waals surface area contributed by atoms with E-state index in [0.29, 0.717) is 37.3 Å². The molecule has 6 nitrogen and oxygen atoms in total. The highest BCUT2D eigenvalue weighted by molar-refractivity contribution is 5.96. The van der Waals surface area contributed by atoms with Gasteiger partial charge in [-0.1, -0.05) is 24.3 Å². The molecule has 0 fully saturated rings. The Bertz CT molecular complexity index is 865. The number of methoxy groups -OCH3 is 2. The van der Waals surface area contributed by atoms with Gasteiger partial charge in [0.15, 0.2) is 11.5 Å². The highest BCUT2D eigenvalue weighted by Gasteiger charge is 2.26. The van der Waals surface area contributed by atoms with Gasteiger partial charge in [-0.15, -0.1) is 0 Å². The van der Waals surface area contributed by atoms with Crippen molar-refractivity contribution >= 4 is 17.5 Å². The molecule has 0 saturated carbocycles. The van der Waals surface area contributed by atoms with Crippen LogP contribution in [0.15, 0.2) is 42.5 Å². The second kappa shape index (κ2) is 8.78. The first-order valence-electron chi connectivity index (χ1n) is 9.35. The van der Waals surface area contributed by atoms with Gasteiger partial charge < -0.3 is 19.7 Å². The summed E-state index contributed by atoms with van der Waals surface area (Å²) in [7, 11) is 4.95. The van der Waals surface area contributed by atoms with Crippen molar-refractivity contribution in [1.82, 2.24) is 4.90 Å². The fourth-order valence-electron chi connectivity index (χ4n) is 3.48. The highest BCUT2D eigenvalue weighted by atomic mass is 16.5. The summed E-state index contributed by atoms with van der Waals surface area (Å²) in [5.41, 5.74) is 2.96. The second-order valence-corrected chi connectivity index (χ2v) is 7.03. The Balaban J connectivity index is 1.56. The molecule has 0 spiro atoms. The molecule has 0 aromatic heterocycles. The lowest BCUT2D eigenvalue weighted by Crippen LogP contribution is -2.32. The Morgan fingerprint density at radius 3 is 2.64 bits per heavy atom. The molecule has 3 rings (SSSR count). The first-order valence-corrected chi connectivity index (χ1v) is 9.35. The van der Waals surface area contributed by atoms with Crippen LogP contribution in [0.5, 0.6) is 11.5 Å². The molecule has 2 amide bonds. The van der Waals surface area contributed by atoms with E-state index in [1.165, 1.54) is 0 Å². The number of nitrogens with zero attached hydrogens (tertiary/aromatic N) is 1. The van der Waals surface area contributed by atoms with Crippen LogP contribution >= 0.6 is 0 Å². The van der Waals surface area contributed by atoms with Crippen LogP contribution in [0.1, 0.15) is 24.0 Å². The van der Waals surface area contributed by atoms with Gasteiger partial charge in [-0.25, -0.2) is 0 Å². The summed E-state index contributed by atoms with van der Waals surface area (Å²) in [6.07, 6.45) is 1.55. The maximum Gasteiger partial charge on any atom is 0.227 e. The number of carbonyl (C=O) groups excluding carboxylic acids is 2. The van der Waals surface area contributed by atoms with E-state index in [2.05, 4.69) is 5.32 Å². The van der Waals surface area contributed by atoms with Crippen LogP contribution in [0.2, 0.25) is 0 Å². The normalized spacial score (nSPS) is 15.4. The van der Waals surface area contributed by atoms with Crippen molar-refractivity contribution in [1.29, 1.82) is 0 Å². The van der Waals surface area contributed by atoms with E-state index in [9.17, 15) is 9.59 Å². The molecule has 2 aromatic rings. The number of hydrogen-bond donors (Lipinski definition) is 1. The molecule has 6 heteroatoms. The van der Waals surface area contributed by atoms with E-state index < -0.39 is 0 Å². The number of anilines is 1. The van der Waals surface area contributed by atoms with Crippen molar-refractivity contribution in [2.75, 3.05) is 26.6 Å². The zero-order chi connectivity index (χ0) is 20.1. The van der Waals surface area contributed by atoms with Gasteiger partial charge in [-0.2, -0.15) is 0 Å². The van der Waals surface area contributed by atoms with Gasteiger partial charge in [0.1, 0.15) is 0 Å². The summed E-state index contributed by atoms with van der Waals surface area (Å²) in [5.74, 6) is 1.13. The third kappa shape index (κ3) is 4.44. The van der Waals surface area contributed by atoms with Gasteiger partial charge in [-0.05, 0) is 42.2 Å². The summed E-state index contributed by atoms with van der Waals surface area (Å²) in [5, 5.41) is 2.94. The Labute approximate surface area is 165 Å². The average molecular weight is 382 g/mol. The first-order chi connectivity index (χ1) is 13.5. The standard InChI is InChI=1S/C22H26N2O4/c1-24(14-15-8-10-19(27-2)20(12-15)28-3)21(25)11-9-17-13-16-6-4-5-7-18(16)23-22(17)26/h4-8,10,12,17H,9,11,13-14H2,1-3H3,(H,23,26). The van der Waals surface area contributed by atoms with Gasteiger partial charge in [0.05, 0.1) is 14.2 Å². The fourth-order valence-corrected chi connectivity index (χ4v) is 3.48. The molecular weight excluding hydrogens is 356 g/mol. The largest absolute Gasteiger partial charge is 0.493 e. The molecule has 0 radical (unpaired) electrons. The Morgan fingerprint density at radius 1 is 1.14 bits per heavy atom. The van der Waals surface area contributed by atoms with Crippen molar-refractivity contribution in [2.24, 2.45) is 5.92 Å². The predicted octanol–water partition coefficient (Wildman–Crippen LogP) is 3.25. The van der Waals surface area contributed by atoms with Crippen molar-refractivity contribution in [2.45, 2.75) is 25.8 Å². The summed E-state index contributed by atoms with van der Waals surface area (Å²) in [4.78, 5) is 26.5. The SMILES string of the molecule is COc1ccc(CN(C)C(=O)CCC2Cc3ccccc3NC2=O)cc1OC. The minimum absolute atomic E-state index is 0.00551. The number of ether oxygens (including phenoxy) is 2. The van der Waals surface area contributed by atoms with Crippen molar-refractivity contribution < 1.29 is 19.1 Å². The summed E-state index contributed by atoms with van der Waals surface area (Å²) in [6, 6.07) is 13.4.